The number of ether oxygens (including phenoxy) is 1. The number of rotatable bonds is 2. The summed E-state index contributed by atoms with van der Waals surface area (Å²) >= 11 is 0. The molecule has 0 radical (unpaired) electrons. The molecule has 5 nitrogen and oxygen atoms in total. The number of halogens is 1. The van der Waals surface area contributed by atoms with Gasteiger partial charge < -0.3 is 20.5 Å². The molecule has 1 aromatic carbocycles. The number of carboxylic acid groups (broad SMARTS) is 1. The third kappa shape index (κ3) is 2.38. The summed E-state index contributed by atoms with van der Waals surface area (Å²) in [5.41, 5.74) is 5.48. The van der Waals surface area contributed by atoms with Crippen LogP contribution >= 0.6 is 0 Å². The first kappa shape index (κ1) is 12.6. The minimum Gasteiger partial charge on any atom is -0.478 e. The number of benzene rings is 1. The molecule has 0 bridgehead atoms. The summed E-state index contributed by atoms with van der Waals surface area (Å²) in [4.78, 5) is 13.1. The van der Waals surface area contributed by atoms with Crippen molar-refractivity contribution >= 4 is 17.3 Å². The second kappa shape index (κ2) is 5.22. The first-order chi connectivity index (χ1) is 8.61. The van der Waals surface area contributed by atoms with Crippen LogP contribution in [0, 0.1) is 5.82 Å². The fourth-order valence-electron chi connectivity index (χ4n) is 2.06. The molecule has 0 amide bonds. The molecule has 0 atom stereocenters. The van der Waals surface area contributed by atoms with Crippen molar-refractivity contribution in [2.75, 3.05) is 36.9 Å². The number of hydrogen-bond donors (Lipinski definition) is 2. The fourth-order valence-corrected chi connectivity index (χ4v) is 2.06. The molecule has 0 saturated carbocycles. The maximum Gasteiger partial charge on any atom is 0.340 e. The van der Waals surface area contributed by atoms with Crippen molar-refractivity contribution < 1.29 is 19.0 Å². The second-order valence-electron chi connectivity index (χ2n) is 4.11. The molecule has 0 aliphatic carbocycles. The third-order valence-corrected chi connectivity index (χ3v) is 2.95. The van der Waals surface area contributed by atoms with Gasteiger partial charge in [0, 0.05) is 19.7 Å². The van der Waals surface area contributed by atoms with Gasteiger partial charge in [-0.15, -0.1) is 0 Å². The van der Waals surface area contributed by atoms with Crippen LogP contribution in [0.25, 0.3) is 0 Å². The van der Waals surface area contributed by atoms with Gasteiger partial charge in [-0.3, -0.25) is 0 Å². The molecule has 3 N–H and O–H groups in total. The van der Waals surface area contributed by atoms with Crippen molar-refractivity contribution in [3.8, 4) is 0 Å². The molecule has 18 heavy (non-hydrogen) atoms. The van der Waals surface area contributed by atoms with E-state index in [1.54, 1.807) is 0 Å². The van der Waals surface area contributed by atoms with Crippen molar-refractivity contribution in [3.05, 3.63) is 23.5 Å². The Balaban J connectivity index is 2.42. The Morgan fingerprint density at radius 1 is 1.39 bits per heavy atom. The molecule has 1 aromatic rings. The summed E-state index contributed by atoms with van der Waals surface area (Å²) in [6.07, 6.45) is 0.802. The van der Waals surface area contributed by atoms with Gasteiger partial charge in [0.2, 0.25) is 0 Å². The molecule has 1 aliphatic rings. The third-order valence-electron chi connectivity index (χ3n) is 2.95. The number of hydrogen-bond acceptors (Lipinski definition) is 4. The first-order valence-electron chi connectivity index (χ1n) is 5.75. The van der Waals surface area contributed by atoms with E-state index in [2.05, 4.69) is 0 Å². The van der Waals surface area contributed by atoms with E-state index >= 15 is 0 Å². The SMILES string of the molecule is Nc1c(F)ccc(N2CCCOCC2)c1C(=O)O. The molecule has 1 heterocycles. The summed E-state index contributed by atoms with van der Waals surface area (Å²) in [5, 5.41) is 9.17. The highest BCUT2D eigenvalue weighted by molar-refractivity contribution is 6.00. The van der Waals surface area contributed by atoms with E-state index in [0.717, 1.165) is 6.42 Å². The highest BCUT2D eigenvalue weighted by Crippen LogP contribution is 2.28. The lowest BCUT2D eigenvalue weighted by atomic mass is 10.1. The predicted octanol–water partition coefficient (Wildman–Crippen LogP) is 1.33. The van der Waals surface area contributed by atoms with Crippen molar-refractivity contribution in [2.45, 2.75) is 6.42 Å². The fraction of sp³-hybridized carbons (Fsp3) is 0.417. The number of nitrogens with zero attached hydrogens (tertiary/aromatic N) is 1. The molecule has 1 aliphatic heterocycles. The molecule has 6 heteroatoms. The van der Waals surface area contributed by atoms with Crippen molar-refractivity contribution in [3.63, 3.8) is 0 Å². The van der Waals surface area contributed by atoms with Crippen LogP contribution in [0.1, 0.15) is 16.8 Å². The number of carbonyl (C=O) groups is 1. The van der Waals surface area contributed by atoms with E-state index in [-0.39, 0.29) is 11.3 Å². The van der Waals surface area contributed by atoms with Crippen LogP contribution < -0.4 is 10.6 Å². The highest BCUT2D eigenvalue weighted by Gasteiger charge is 2.22. The van der Waals surface area contributed by atoms with Gasteiger partial charge in [-0.1, -0.05) is 0 Å². The van der Waals surface area contributed by atoms with Gasteiger partial charge in [-0.2, -0.15) is 0 Å². The number of nitrogen functional groups attached to an aromatic ring is 1. The van der Waals surface area contributed by atoms with E-state index in [1.165, 1.54) is 12.1 Å². The van der Waals surface area contributed by atoms with Crippen LogP contribution in [-0.2, 0) is 4.74 Å². The van der Waals surface area contributed by atoms with Gasteiger partial charge in [-0.25, -0.2) is 9.18 Å². The van der Waals surface area contributed by atoms with Crippen molar-refractivity contribution in [1.82, 2.24) is 0 Å². The van der Waals surface area contributed by atoms with E-state index < -0.39 is 11.8 Å². The Morgan fingerprint density at radius 3 is 2.89 bits per heavy atom. The van der Waals surface area contributed by atoms with Crippen LogP contribution in [-0.4, -0.2) is 37.4 Å². The van der Waals surface area contributed by atoms with Crippen LogP contribution in [0.2, 0.25) is 0 Å². The Kier molecular flexibility index (Phi) is 3.66. The summed E-state index contributed by atoms with van der Waals surface area (Å²) in [6.45, 7) is 2.42. The van der Waals surface area contributed by atoms with Gasteiger partial charge in [0.15, 0.2) is 0 Å². The molecule has 0 aromatic heterocycles. The van der Waals surface area contributed by atoms with Crippen LogP contribution in [0.4, 0.5) is 15.8 Å². The summed E-state index contributed by atoms with van der Waals surface area (Å²) in [5.74, 6) is -1.92. The second-order valence-corrected chi connectivity index (χ2v) is 4.11. The lowest BCUT2D eigenvalue weighted by Crippen LogP contribution is -2.28. The van der Waals surface area contributed by atoms with Gasteiger partial charge in [0.05, 0.1) is 18.0 Å². The van der Waals surface area contributed by atoms with E-state index in [0.29, 0.717) is 32.0 Å². The smallest absolute Gasteiger partial charge is 0.340 e. The Morgan fingerprint density at radius 2 is 2.17 bits per heavy atom. The van der Waals surface area contributed by atoms with Crippen molar-refractivity contribution in [2.24, 2.45) is 0 Å². The maximum absolute atomic E-state index is 13.3. The van der Waals surface area contributed by atoms with E-state index in [1.807, 2.05) is 4.90 Å². The molecule has 1 saturated heterocycles. The van der Waals surface area contributed by atoms with Gasteiger partial charge in [-0.05, 0) is 18.6 Å². The molecule has 2 rings (SSSR count). The number of nitrogens with two attached hydrogens (primary N) is 1. The Hall–Kier alpha value is -1.82. The summed E-state index contributed by atoms with van der Waals surface area (Å²) in [7, 11) is 0. The van der Waals surface area contributed by atoms with E-state index in [9.17, 15) is 9.18 Å². The van der Waals surface area contributed by atoms with Crippen LogP contribution in [0.5, 0.6) is 0 Å². The zero-order chi connectivity index (χ0) is 13.1. The summed E-state index contributed by atoms with van der Waals surface area (Å²) < 4.78 is 18.6. The monoisotopic (exact) mass is 254 g/mol. The van der Waals surface area contributed by atoms with Crippen LogP contribution in [0.3, 0.4) is 0 Å². The normalized spacial score (nSPS) is 16.4. The quantitative estimate of drug-likeness (QED) is 0.779. The molecule has 98 valence electrons. The minimum absolute atomic E-state index is 0.170. The maximum atomic E-state index is 13.3. The number of aromatic carboxylic acids is 1. The van der Waals surface area contributed by atoms with Gasteiger partial charge in [0.25, 0.3) is 0 Å². The lowest BCUT2D eigenvalue weighted by molar-refractivity contribution is 0.0698. The first-order valence-corrected chi connectivity index (χ1v) is 5.75. The average Bonchev–Trinajstić information content (AvgIpc) is 2.60. The Labute approximate surface area is 104 Å². The largest absolute Gasteiger partial charge is 0.478 e. The van der Waals surface area contributed by atoms with Gasteiger partial charge >= 0.3 is 5.97 Å². The summed E-state index contributed by atoms with van der Waals surface area (Å²) in [6, 6.07) is 2.66. The minimum atomic E-state index is -1.22. The highest BCUT2D eigenvalue weighted by atomic mass is 19.1. The molecular weight excluding hydrogens is 239 g/mol. The van der Waals surface area contributed by atoms with Gasteiger partial charge in [0.1, 0.15) is 11.4 Å². The predicted molar refractivity (Wildman–Crippen MR) is 65.4 cm³/mol. The molecule has 0 unspecified atom stereocenters. The van der Waals surface area contributed by atoms with E-state index in [4.69, 9.17) is 15.6 Å². The topological polar surface area (TPSA) is 75.8 Å². The zero-order valence-corrected chi connectivity index (χ0v) is 9.86. The molecular formula is C12H15FN2O3. The number of carboxylic acids is 1. The average molecular weight is 254 g/mol. The molecule has 1 fully saturated rings. The molecule has 0 spiro atoms. The Bertz CT molecular complexity index is 457. The van der Waals surface area contributed by atoms with Crippen LogP contribution in [0.15, 0.2) is 12.1 Å². The number of anilines is 2. The zero-order valence-electron chi connectivity index (χ0n) is 9.86. The van der Waals surface area contributed by atoms with Crippen molar-refractivity contribution in [1.29, 1.82) is 0 Å². The lowest BCUT2D eigenvalue weighted by Gasteiger charge is -2.24. The standard InChI is InChI=1S/C12H15FN2O3/c13-8-2-3-9(10(11(8)14)12(16)17)15-4-1-6-18-7-5-15/h2-3H,1,4-7,14H2,(H,16,17).